The van der Waals surface area contributed by atoms with Gasteiger partial charge in [0.25, 0.3) is 0 Å². The number of hydrogen-bond donors (Lipinski definition) is 1. The lowest BCUT2D eigenvalue weighted by atomic mass is 10.1. The third-order valence-electron chi connectivity index (χ3n) is 3.95. The lowest BCUT2D eigenvalue weighted by Gasteiger charge is -2.14. The summed E-state index contributed by atoms with van der Waals surface area (Å²) < 4.78 is 5.26. The van der Waals surface area contributed by atoms with E-state index in [1.165, 1.54) is 11.3 Å². The van der Waals surface area contributed by atoms with Gasteiger partial charge in [-0.1, -0.05) is 24.7 Å². The molecule has 1 aliphatic rings. The van der Waals surface area contributed by atoms with Gasteiger partial charge in [0.2, 0.25) is 16.9 Å². The number of rotatable bonds is 7. The van der Waals surface area contributed by atoms with E-state index in [9.17, 15) is 9.59 Å². The monoisotopic (exact) mass is 348 g/mol. The average molecular weight is 348 g/mol. The Morgan fingerprint density at radius 1 is 1.50 bits per heavy atom. The highest BCUT2D eigenvalue weighted by Gasteiger charge is 2.35. The second-order valence-electron chi connectivity index (χ2n) is 5.85. The first-order valence-electron chi connectivity index (χ1n) is 8.09. The molecular weight excluding hydrogens is 328 g/mol. The molecule has 2 amide bonds. The molecule has 3 rings (SSSR count). The molecule has 1 atom stereocenters. The molecule has 0 bridgehead atoms. The zero-order valence-electron chi connectivity index (χ0n) is 13.5. The van der Waals surface area contributed by atoms with Crippen LogP contribution in [0.5, 0.6) is 0 Å². The van der Waals surface area contributed by atoms with Gasteiger partial charge in [0, 0.05) is 19.4 Å². The zero-order valence-corrected chi connectivity index (χ0v) is 14.3. The first-order chi connectivity index (χ1) is 11.7. The Morgan fingerprint density at radius 2 is 2.38 bits per heavy atom. The van der Waals surface area contributed by atoms with Crippen LogP contribution in [0.3, 0.4) is 0 Å². The molecular formula is C16H20N4O3S. The third-order valence-corrected chi connectivity index (χ3v) is 4.85. The summed E-state index contributed by atoms with van der Waals surface area (Å²) in [4.78, 5) is 26.1. The highest BCUT2D eigenvalue weighted by atomic mass is 32.1. The number of hydrogen-bond acceptors (Lipinski definition) is 6. The first-order valence-corrected chi connectivity index (χ1v) is 8.90. The number of amides is 2. The van der Waals surface area contributed by atoms with Crippen molar-refractivity contribution in [3.05, 3.63) is 29.2 Å². The molecule has 2 aromatic rings. The van der Waals surface area contributed by atoms with Crippen molar-refractivity contribution < 1.29 is 14.0 Å². The van der Waals surface area contributed by atoms with E-state index in [4.69, 9.17) is 4.42 Å². The fourth-order valence-electron chi connectivity index (χ4n) is 2.63. The van der Waals surface area contributed by atoms with Gasteiger partial charge in [-0.3, -0.25) is 9.59 Å². The van der Waals surface area contributed by atoms with E-state index >= 15 is 0 Å². The van der Waals surface area contributed by atoms with Gasteiger partial charge in [-0.2, -0.15) is 0 Å². The Bertz CT molecular complexity index is 698. The average Bonchev–Trinajstić information content (AvgIpc) is 3.29. The SMILES string of the molecule is CCCCc1nnc(NC(=O)C2CC(=O)N(Cc3ccco3)C2)s1. The predicted octanol–water partition coefficient (Wildman–Crippen LogP) is 2.46. The van der Waals surface area contributed by atoms with Crippen LogP contribution < -0.4 is 5.32 Å². The summed E-state index contributed by atoms with van der Waals surface area (Å²) in [6, 6.07) is 3.60. The van der Waals surface area contributed by atoms with E-state index in [0.29, 0.717) is 24.0 Å². The molecule has 0 radical (unpaired) electrons. The highest BCUT2D eigenvalue weighted by molar-refractivity contribution is 7.15. The van der Waals surface area contributed by atoms with E-state index in [-0.39, 0.29) is 24.2 Å². The maximum Gasteiger partial charge on any atom is 0.231 e. The van der Waals surface area contributed by atoms with Crippen molar-refractivity contribution in [2.45, 2.75) is 39.2 Å². The summed E-state index contributed by atoms with van der Waals surface area (Å²) in [6.07, 6.45) is 4.82. The number of carbonyl (C=O) groups is 2. The summed E-state index contributed by atoms with van der Waals surface area (Å²) in [5, 5.41) is 12.3. The third kappa shape index (κ3) is 4.00. The largest absolute Gasteiger partial charge is 0.467 e. The molecule has 7 nitrogen and oxygen atoms in total. The van der Waals surface area contributed by atoms with E-state index < -0.39 is 0 Å². The summed E-state index contributed by atoms with van der Waals surface area (Å²) in [6.45, 7) is 2.91. The zero-order chi connectivity index (χ0) is 16.9. The number of furan rings is 1. The Labute approximate surface area is 144 Å². The number of unbranched alkanes of at least 4 members (excludes halogenated alkanes) is 1. The molecule has 0 aromatic carbocycles. The van der Waals surface area contributed by atoms with Gasteiger partial charge in [0.1, 0.15) is 10.8 Å². The maximum absolute atomic E-state index is 12.4. The second kappa shape index (κ2) is 7.57. The molecule has 1 N–H and O–H groups in total. The van der Waals surface area contributed by atoms with Gasteiger partial charge in [-0.25, -0.2) is 0 Å². The molecule has 1 aliphatic heterocycles. The lowest BCUT2D eigenvalue weighted by Crippen LogP contribution is -2.27. The minimum Gasteiger partial charge on any atom is -0.467 e. The number of likely N-dealkylation sites (tertiary alicyclic amines) is 1. The first kappa shape index (κ1) is 16.6. The standard InChI is InChI=1S/C16H20N4O3S/c1-2-3-6-13-18-19-16(24-13)17-15(22)11-8-14(21)20(9-11)10-12-5-4-7-23-12/h4-5,7,11H,2-3,6,8-10H2,1H3,(H,17,19,22). The topological polar surface area (TPSA) is 88.3 Å². The molecule has 0 aliphatic carbocycles. The Hall–Kier alpha value is -2.22. The molecule has 0 spiro atoms. The number of nitrogens with zero attached hydrogens (tertiary/aromatic N) is 3. The van der Waals surface area contributed by atoms with Gasteiger partial charge in [-0.05, 0) is 18.6 Å². The minimum absolute atomic E-state index is 0.0348. The quantitative estimate of drug-likeness (QED) is 0.830. The lowest BCUT2D eigenvalue weighted by molar-refractivity contribution is -0.128. The number of anilines is 1. The molecule has 8 heteroatoms. The van der Waals surface area contributed by atoms with Gasteiger partial charge >= 0.3 is 0 Å². The smallest absolute Gasteiger partial charge is 0.231 e. The number of aryl methyl sites for hydroxylation is 1. The van der Waals surface area contributed by atoms with Crippen molar-refractivity contribution in [2.75, 3.05) is 11.9 Å². The Balaban J connectivity index is 1.54. The van der Waals surface area contributed by atoms with Crippen LogP contribution in [-0.4, -0.2) is 33.5 Å². The predicted molar refractivity (Wildman–Crippen MR) is 89.4 cm³/mol. The molecule has 2 aromatic heterocycles. The van der Waals surface area contributed by atoms with E-state index in [1.54, 1.807) is 17.2 Å². The van der Waals surface area contributed by atoms with Crippen molar-refractivity contribution >= 4 is 28.3 Å². The minimum atomic E-state index is -0.365. The van der Waals surface area contributed by atoms with Crippen LogP contribution in [-0.2, 0) is 22.6 Å². The van der Waals surface area contributed by atoms with Crippen LogP contribution in [0.15, 0.2) is 22.8 Å². The molecule has 24 heavy (non-hydrogen) atoms. The van der Waals surface area contributed by atoms with Gasteiger partial charge < -0.3 is 14.6 Å². The van der Waals surface area contributed by atoms with Crippen molar-refractivity contribution in [1.82, 2.24) is 15.1 Å². The number of carbonyl (C=O) groups excluding carboxylic acids is 2. The number of aromatic nitrogens is 2. The molecule has 1 saturated heterocycles. The molecule has 1 fully saturated rings. The van der Waals surface area contributed by atoms with Crippen LogP contribution in [0.25, 0.3) is 0 Å². The van der Waals surface area contributed by atoms with Crippen LogP contribution in [0, 0.1) is 5.92 Å². The normalized spacial score (nSPS) is 17.5. The highest BCUT2D eigenvalue weighted by Crippen LogP contribution is 2.23. The van der Waals surface area contributed by atoms with Crippen LogP contribution in [0.1, 0.15) is 37.0 Å². The Morgan fingerprint density at radius 3 is 3.12 bits per heavy atom. The summed E-state index contributed by atoms with van der Waals surface area (Å²) in [5.41, 5.74) is 0. The van der Waals surface area contributed by atoms with Crippen molar-refractivity contribution in [3.63, 3.8) is 0 Å². The number of nitrogens with one attached hydrogen (secondary N) is 1. The van der Waals surface area contributed by atoms with E-state index in [0.717, 1.165) is 24.3 Å². The Kier molecular flexibility index (Phi) is 5.24. The molecule has 0 saturated carbocycles. The van der Waals surface area contributed by atoms with Gasteiger partial charge in [0.15, 0.2) is 0 Å². The van der Waals surface area contributed by atoms with Gasteiger partial charge in [0.05, 0.1) is 18.7 Å². The van der Waals surface area contributed by atoms with E-state index in [2.05, 4.69) is 22.4 Å². The second-order valence-corrected chi connectivity index (χ2v) is 6.91. The fraction of sp³-hybridized carbons (Fsp3) is 0.500. The van der Waals surface area contributed by atoms with Crippen molar-refractivity contribution in [3.8, 4) is 0 Å². The van der Waals surface area contributed by atoms with Crippen molar-refractivity contribution in [2.24, 2.45) is 5.92 Å². The van der Waals surface area contributed by atoms with Crippen LogP contribution in [0.2, 0.25) is 0 Å². The van der Waals surface area contributed by atoms with Crippen molar-refractivity contribution in [1.29, 1.82) is 0 Å². The fourth-order valence-corrected chi connectivity index (χ4v) is 3.42. The summed E-state index contributed by atoms with van der Waals surface area (Å²) in [7, 11) is 0. The summed E-state index contributed by atoms with van der Waals surface area (Å²) >= 11 is 1.40. The molecule has 128 valence electrons. The van der Waals surface area contributed by atoms with Gasteiger partial charge in [-0.15, -0.1) is 10.2 Å². The van der Waals surface area contributed by atoms with Crippen LogP contribution in [0.4, 0.5) is 5.13 Å². The van der Waals surface area contributed by atoms with E-state index in [1.807, 2.05) is 6.07 Å². The maximum atomic E-state index is 12.4. The van der Waals surface area contributed by atoms with Crippen LogP contribution >= 0.6 is 11.3 Å². The molecule has 3 heterocycles. The molecule has 1 unspecified atom stereocenters. The summed E-state index contributed by atoms with van der Waals surface area (Å²) in [5.74, 6) is 0.139.